The zero-order valence-corrected chi connectivity index (χ0v) is 8.86. The van der Waals surface area contributed by atoms with E-state index in [1.165, 1.54) is 0 Å². The molecule has 2 aromatic rings. The van der Waals surface area contributed by atoms with Gasteiger partial charge in [0.25, 0.3) is 0 Å². The zero-order valence-electron chi connectivity index (χ0n) is 8.11. The van der Waals surface area contributed by atoms with E-state index in [0.29, 0.717) is 16.6 Å². The summed E-state index contributed by atoms with van der Waals surface area (Å²) in [4.78, 5) is 0. The fourth-order valence-electron chi connectivity index (χ4n) is 1.03. The lowest BCUT2D eigenvalue weighted by Crippen LogP contribution is -1.93. The molecule has 0 atom stereocenters. The first kappa shape index (κ1) is 11.2. The van der Waals surface area contributed by atoms with Crippen molar-refractivity contribution in [3.05, 3.63) is 23.4 Å². The molecule has 0 amide bonds. The van der Waals surface area contributed by atoms with Gasteiger partial charge in [0, 0.05) is 5.69 Å². The first-order valence-electron chi connectivity index (χ1n) is 4.11. The van der Waals surface area contributed by atoms with Crippen molar-refractivity contribution < 1.29 is 0 Å². The van der Waals surface area contributed by atoms with E-state index >= 15 is 0 Å². The maximum Gasteiger partial charge on any atom is 0.164 e. The molecule has 0 aliphatic rings. The van der Waals surface area contributed by atoms with Crippen LogP contribution in [0.2, 0.25) is 5.15 Å². The Morgan fingerprint density at radius 2 is 2.07 bits per heavy atom. The number of halogens is 1. The minimum Gasteiger partial charge on any atom is -0.398 e. The number of terminal acetylenes is 1. The highest BCUT2D eigenvalue weighted by molar-refractivity contribution is 6.34. The third-order valence-electron chi connectivity index (χ3n) is 1.57. The number of fused-ring (bicyclic) bond motifs is 1. The molecule has 0 bridgehead atoms. The number of rotatable bonds is 0. The number of aromatic nitrogens is 3. The molecule has 15 heavy (non-hydrogen) atoms. The molecule has 1 aromatic carbocycles. The first-order valence-corrected chi connectivity index (χ1v) is 4.49. The SMILES string of the molecule is C#CC.Nc1cccc2nnnc(Cl)c12. The van der Waals surface area contributed by atoms with Gasteiger partial charge in [-0.1, -0.05) is 17.7 Å². The van der Waals surface area contributed by atoms with Gasteiger partial charge >= 0.3 is 0 Å². The maximum atomic E-state index is 5.77. The first-order chi connectivity index (χ1) is 7.20. The second-order valence-corrected chi connectivity index (χ2v) is 2.97. The smallest absolute Gasteiger partial charge is 0.164 e. The van der Waals surface area contributed by atoms with Crippen molar-refractivity contribution in [2.24, 2.45) is 0 Å². The van der Waals surface area contributed by atoms with Crippen LogP contribution in [0.1, 0.15) is 6.92 Å². The Morgan fingerprint density at radius 3 is 2.67 bits per heavy atom. The number of hydrogen-bond donors (Lipinski definition) is 1. The normalized spacial score (nSPS) is 8.87. The van der Waals surface area contributed by atoms with E-state index in [0.717, 1.165) is 0 Å². The average molecular weight is 221 g/mol. The van der Waals surface area contributed by atoms with Crippen molar-refractivity contribution in [3.8, 4) is 12.3 Å². The fraction of sp³-hybridized carbons (Fsp3) is 0.100. The third kappa shape index (κ3) is 2.55. The van der Waals surface area contributed by atoms with Crippen molar-refractivity contribution >= 4 is 28.2 Å². The molecule has 0 spiro atoms. The average Bonchev–Trinajstić information content (AvgIpc) is 2.19. The molecule has 0 aliphatic carbocycles. The monoisotopic (exact) mass is 220 g/mol. The Labute approximate surface area is 92.5 Å². The molecule has 4 nitrogen and oxygen atoms in total. The van der Waals surface area contributed by atoms with Crippen molar-refractivity contribution in [3.63, 3.8) is 0 Å². The number of anilines is 1. The molecule has 0 aliphatic heterocycles. The summed E-state index contributed by atoms with van der Waals surface area (Å²) >= 11 is 5.77. The van der Waals surface area contributed by atoms with Crippen molar-refractivity contribution in [1.29, 1.82) is 0 Å². The standard InChI is InChI=1S/C7H5ClN4.C3H4/c8-7-6-4(9)2-1-3-5(6)10-12-11-7;1-3-2/h1-3H,9H2;1H,2H3. The van der Waals surface area contributed by atoms with Gasteiger partial charge in [0.1, 0.15) is 0 Å². The van der Waals surface area contributed by atoms with Gasteiger partial charge in [0.2, 0.25) is 0 Å². The van der Waals surface area contributed by atoms with Crippen LogP contribution < -0.4 is 5.73 Å². The van der Waals surface area contributed by atoms with Gasteiger partial charge in [0.15, 0.2) is 5.15 Å². The van der Waals surface area contributed by atoms with Crippen LogP contribution in [-0.4, -0.2) is 15.4 Å². The molecule has 0 saturated carbocycles. The zero-order chi connectivity index (χ0) is 11.3. The van der Waals surface area contributed by atoms with Crippen LogP contribution in [0.3, 0.4) is 0 Å². The predicted molar refractivity (Wildman–Crippen MR) is 61.3 cm³/mol. The van der Waals surface area contributed by atoms with Gasteiger partial charge in [0.05, 0.1) is 10.9 Å². The topological polar surface area (TPSA) is 64.7 Å². The highest BCUT2D eigenvalue weighted by atomic mass is 35.5. The lowest BCUT2D eigenvalue weighted by Gasteiger charge is -1.99. The predicted octanol–water partition coefficient (Wildman–Crippen LogP) is 1.90. The minimum atomic E-state index is 0.290. The van der Waals surface area contributed by atoms with E-state index in [1.54, 1.807) is 25.1 Å². The van der Waals surface area contributed by atoms with Gasteiger partial charge in [-0.25, -0.2) is 0 Å². The number of nitrogen functional groups attached to an aromatic ring is 1. The van der Waals surface area contributed by atoms with Crippen LogP contribution >= 0.6 is 11.6 Å². The summed E-state index contributed by atoms with van der Waals surface area (Å²) in [5.41, 5.74) is 6.90. The second kappa shape index (κ2) is 5.13. The molecular weight excluding hydrogens is 212 g/mol. The molecule has 5 heteroatoms. The van der Waals surface area contributed by atoms with Crippen LogP contribution in [0.25, 0.3) is 10.9 Å². The van der Waals surface area contributed by atoms with E-state index in [2.05, 4.69) is 27.8 Å². The summed E-state index contributed by atoms with van der Waals surface area (Å²) in [6.45, 7) is 1.65. The molecule has 2 N–H and O–H groups in total. The number of hydrogen-bond acceptors (Lipinski definition) is 4. The van der Waals surface area contributed by atoms with Crippen LogP contribution in [0.15, 0.2) is 18.2 Å². The van der Waals surface area contributed by atoms with Gasteiger partial charge in [-0.05, 0) is 24.3 Å². The summed E-state index contributed by atoms with van der Waals surface area (Å²) in [6, 6.07) is 5.33. The second-order valence-electron chi connectivity index (χ2n) is 2.61. The largest absolute Gasteiger partial charge is 0.398 e. The van der Waals surface area contributed by atoms with E-state index in [9.17, 15) is 0 Å². The van der Waals surface area contributed by atoms with Gasteiger partial charge < -0.3 is 5.73 Å². The number of nitrogens with two attached hydrogens (primary N) is 1. The molecule has 2 rings (SSSR count). The minimum absolute atomic E-state index is 0.290. The number of benzene rings is 1. The Balaban J connectivity index is 0.000000337. The summed E-state index contributed by atoms with van der Waals surface area (Å²) in [5.74, 6) is 2.25. The lowest BCUT2D eigenvalue weighted by molar-refractivity contribution is 0.896. The molecule has 0 fully saturated rings. The Kier molecular flexibility index (Phi) is 3.83. The molecular formula is C10H9ClN4. The van der Waals surface area contributed by atoms with E-state index in [4.69, 9.17) is 17.3 Å². The van der Waals surface area contributed by atoms with Crippen molar-refractivity contribution in [2.45, 2.75) is 6.92 Å². The van der Waals surface area contributed by atoms with E-state index in [-0.39, 0.29) is 5.15 Å². The van der Waals surface area contributed by atoms with Gasteiger partial charge in [-0.2, -0.15) is 0 Å². The molecule has 1 heterocycles. The molecule has 76 valence electrons. The summed E-state index contributed by atoms with van der Waals surface area (Å²) in [6.07, 6.45) is 4.60. The summed E-state index contributed by atoms with van der Waals surface area (Å²) in [7, 11) is 0. The van der Waals surface area contributed by atoms with Crippen molar-refractivity contribution in [2.75, 3.05) is 5.73 Å². The molecule has 0 radical (unpaired) electrons. The van der Waals surface area contributed by atoms with Crippen LogP contribution in [0, 0.1) is 12.3 Å². The Morgan fingerprint density at radius 1 is 1.40 bits per heavy atom. The lowest BCUT2D eigenvalue weighted by atomic mass is 10.2. The van der Waals surface area contributed by atoms with E-state index in [1.807, 2.05) is 0 Å². The fourth-order valence-corrected chi connectivity index (χ4v) is 1.27. The molecule has 0 saturated heterocycles. The van der Waals surface area contributed by atoms with Crippen LogP contribution in [-0.2, 0) is 0 Å². The molecule has 0 unspecified atom stereocenters. The van der Waals surface area contributed by atoms with Crippen LogP contribution in [0.4, 0.5) is 5.69 Å². The highest BCUT2D eigenvalue weighted by Gasteiger charge is 2.04. The number of nitrogens with zero attached hydrogens (tertiary/aromatic N) is 3. The van der Waals surface area contributed by atoms with Gasteiger partial charge in [-0.15, -0.1) is 22.5 Å². The third-order valence-corrected chi connectivity index (χ3v) is 1.83. The summed E-state index contributed by atoms with van der Waals surface area (Å²) in [5, 5.41) is 11.8. The van der Waals surface area contributed by atoms with E-state index < -0.39 is 0 Å². The van der Waals surface area contributed by atoms with Gasteiger partial charge in [-0.3, -0.25) is 0 Å². The maximum absolute atomic E-state index is 5.77. The Bertz CT molecular complexity index is 467. The highest BCUT2D eigenvalue weighted by Crippen LogP contribution is 2.23. The molecule has 1 aromatic heterocycles. The van der Waals surface area contributed by atoms with Crippen LogP contribution in [0.5, 0.6) is 0 Å². The Hall–Kier alpha value is -1.86. The summed E-state index contributed by atoms with van der Waals surface area (Å²) < 4.78 is 0. The van der Waals surface area contributed by atoms with Crippen molar-refractivity contribution in [1.82, 2.24) is 15.4 Å². The quantitative estimate of drug-likeness (QED) is 0.544.